The highest BCUT2D eigenvalue weighted by atomic mass is 16.5. The number of ether oxygens (including phenoxy) is 2. The van der Waals surface area contributed by atoms with Crippen LogP contribution in [0.2, 0.25) is 0 Å². The molecule has 2 N–H and O–H groups in total. The third-order valence-corrected chi connectivity index (χ3v) is 2.87. The standard InChI is InChI=1S/C16H14N2O3/c1-20-15-6-5-13(18)8-14(15)16(19)21-10-12-4-2-3-11(7-12)9-17/h2-8H,10,18H2,1H3. The molecular formula is C16H14N2O3. The van der Waals surface area contributed by atoms with Crippen molar-refractivity contribution >= 4 is 11.7 Å². The first kappa shape index (κ1) is 14.4. The molecule has 0 aliphatic carbocycles. The molecule has 0 saturated carbocycles. The molecular weight excluding hydrogens is 268 g/mol. The Labute approximate surface area is 122 Å². The third kappa shape index (κ3) is 3.51. The summed E-state index contributed by atoms with van der Waals surface area (Å²) in [5, 5.41) is 8.83. The number of anilines is 1. The van der Waals surface area contributed by atoms with Crippen LogP contribution in [0, 0.1) is 11.3 Å². The van der Waals surface area contributed by atoms with Crippen LogP contribution in [0.15, 0.2) is 42.5 Å². The Hall–Kier alpha value is -3.00. The van der Waals surface area contributed by atoms with Gasteiger partial charge in [0.05, 0.1) is 18.7 Å². The van der Waals surface area contributed by atoms with Gasteiger partial charge in [-0.05, 0) is 35.9 Å². The van der Waals surface area contributed by atoms with E-state index >= 15 is 0 Å². The van der Waals surface area contributed by atoms with Crippen LogP contribution >= 0.6 is 0 Å². The molecule has 0 spiro atoms. The van der Waals surface area contributed by atoms with E-state index in [4.69, 9.17) is 20.5 Å². The zero-order valence-electron chi connectivity index (χ0n) is 11.5. The number of carbonyl (C=O) groups is 1. The number of carbonyl (C=O) groups excluding carboxylic acids is 1. The van der Waals surface area contributed by atoms with Crippen molar-refractivity contribution in [3.63, 3.8) is 0 Å². The molecule has 21 heavy (non-hydrogen) atoms. The van der Waals surface area contributed by atoms with E-state index < -0.39 is 5.97 Å². The number of hydrogen-bond acceptors (Lipinski definition) is 5. The summed E-state index contributed by atoms with van der Waals surface area (Å²) in [7, 11) is 1.47. The van der Waals surface area contributed by atoms with Crippen LogP contribution in [0.5, 0.6) is 5.75 Å². The molecule has 0 radical (unpaired) electrons. The molecule has 106 valence electrons. The first-order chi connectivity index (χ1) is 10.1. The lowest BCUT2D eigenvalue weighted by Crippen LogP contribution is -2.08. The molecule has 0 aromatic heterocycles. The second-order valence-electron chi connectivity index (χ2n) is 4.35. The van der Waals surface area contributed by atoms with Gasteiger partial charge in [0.1, 0.15) is 17.9 Å². The molecule has 0 saturated heterocycles. The second-order valence-corrected chi connectivity index (χ2v) is 4.35. The molecule has 0 amide bonds. The van der Waals surface area contributed by atoms with Gasteiger partial charge in [0.25, 0.3) is 0 Å². The number of nitrogen functional groups attached to an aromatic ring is 1. The molecule has 0 bridgehead atoms. The van der Waals surface area contributed by atoms with Gasteiger partial charge in [0, 0.05) is 5.69 Å². The first-order valence-electron chi connectivity index (χ1n) is 6.23. The second kappa shape index (κ2) is 6.44. The van der Waals surface area contributed by atoms with E-state index in [9.17, 15) is 4.79 Å². The Kier molecular flexibility index (Phi) is 4.42. The van der Waals surface area contributed by atoms with Crippen molar-refractivity contribution in [3.8, 4) is 11.8 Å². The maximum atomic E-state index is 12.1. The normalized spacial score (nSPS) is 9.71. The van der Waals surface area contributed by atoms with Crippen molar-refractivity contribution in [2.24, 2.45) is 0 Å². The summed E-state index contributed by atoms with van der Waals surface area (Å²) in [5.41, 5.74) is 7.65. The van der Waals surface area contributed by atoms with Crippen LogP contribution in [0.4, 0.5) is 5.69 Å². The zero-order chi connectivity index (χ0) is 15.2. The molecule has 2 rings (SSSR count). The van der Waals surface area contributed by atoms with Gasteiger partial charge in [-0.3, -0.25) is 0 Å². The van der Waals surface area contributed by atoms with Crippen molar-refractivity contribution in [2.45, 2.75) is 6.61 Å². The maximum Gasteiger partial charge on any atom is 0.342 e. The number of nitriles is 1. The predicted octanol–water partition coefficient (Wildman–Crippen LogP) is 2.51. The minimum Gasteiger partial charge on any atom is -0.496 e. The molecule has 0 fully saturated rings. The molecule has 0 aliphatic heterocycles. The number of esters is 1. The van der Waals surface area contributed by atoms with Crippen molar-refractivity contribution in [1.82, 2.24) is 0 Å². The predicted molar refractivity (Wildman–Crippen MR) is 77.7 cm³/mol. The Morgan fingerprint density at radius 1 is 1.29 bits per heavy atom. The fourth-order valence-corrected chi connectivity index (χ4v) is 1.84. The Balaban J connectivity index is 2.11. The van der Waals surface area contributed by atoms with E-state index in [1.165, 1.54) is 13.2 Å². The molecule has 0 atom stereocenters. The lowest BCUT2D eigenvalue weighted by atomic mass is 10.1. The Bertz CT molecular complexity index is 705. The van der Waals surface area contributed by atoms with Crippen LogP contribution in [0.25, 0.3) is 0 Å². The van der Waals surface area contributed by atoms with Gasteiger partial charge in [-0.2, -0.15) is 5.26 Å². The van der Waals surface area contributed by atoms with Gasteiger partial charge in [0.15, 0.2) is 0 Å². The molecule has 2 aromatic rings. The summed E-state index contributed by atoms with van der Waals surface area (Å²) in [4.78, 5) is 12.1. The number of hydrogen-bond donors (Lipinski definition) is 1. The van der Waals surface area contributed by atoms with Gasteiger partial charge in [-0.1, -0.05) is 12.1 Å². The smallest absolute Gasteiger partial charge is 0.342 e. The van der Waals surface area contributed by atoms with Crippen LogP contribution in [0.1, 0.15) is 21.5 Å². The zero-order valence-corrected chi connectivity index (χ0v) is 11.5. The number of nitrogens with two attached hydrogens (primary N) is 1. The number of methoxy groups -OCH3 is 1. The van der Waals surface area contributed by atoms with Crippen molar-refractivity contribution in [2.75, 3.05) is 12.8 Å². The van der Waals surface area contributed by atoms with E-state index in [1.54, 1.807) is 36.4 Å². The first-order valence-corrected chi connectivity index (χ1v) is 6.23. The summed E-state index contributed by atoms with van der Waals surface area (Å²) in [6.45, 7) is 0.0757. The highest BCUT2D eigenvalue weighted by molar-refractivity contribution is 5.93. The minimum atomic E-state index is -0.526. The molecule has 0 aliphatic rings. The molecule has 5 heteroatoms. The van der Waals surface area contributed by atoms with E-state index in [0.29, 0.717) is 17.0 Å². The van der Waals surface area contributed by atoms with Crippen molar-refractivity contribution in [3.05, 3.63) is 59.2 Å². The third-order valence-electron chi connectivity index (χ3n) is 2.87. The average Bonchev–Trinajstić information content (AvgIpc) is 2.52. The fourth-order valence-electron chi connectivity index (χ4n) is 1.84. The Morgan fingerprint density at radius 2 is 2.10 bits per heavy atom. The summed E-state index contributed by atoms with van der Waals surface area (Å²) in [6, 6.07) is 13.7. The highest BCUT2D eigenvalue weighted by Gasteiger charge is 2.14. The summed E-state index contributed by atoms with van der Waals surface area (Å²) >= 11 is 0. The highest BCUT2D eigenvalue weighted by Crippen LogP contribution is 2.22. The SMILES string of the molecule is COc1ccc(N)cc1C(=O)OCc1cccc(C#N)c1. The topological polar surface area (TPSA) is 85.3 Å². The number of benzene rings is 2. The van der Waals surface area contributed by atoms with Gasteiger partial charge >= 0.3 is 5.97 Å². The van der Waals surface area contributed by atoms with Crippen LogP contribution in [0.3, 0.4) is 0 Å². The van der Waals surface area contributed by atoms with E-state index in [0.717, 1.165) is 5.56 Å². The molecule has 2 aromatic carbocycles. The Morgan fingerprint density at radius 3 is 2.81 bits per heavy atom. The largest absolute Gasteiger partial charge is 0.496 e. The quantitative estimate of drug-likeness (QED) is 0.688. The number of nitrogens with zero attached hydrogens (tertiary/aromatic N) is 1. The van der Waals surface area contributed by atoms with E-state index in [1.807, 2.05) is 6.07 Å². The minimum absolute atomic E-state index is 0.0757. The van der Waals surface area contributed by atoms with E-state index in [2.05, 4.69) is 0 Å². The average molecular weight is 282 g/mol. The fraction of sp³-hybridized carbons (Fsp3) is 0.125. The maximum absolute atomic E-state index is 12.1. The number of rotatable bonds is 4. The summed E-state index contributed by atoms with van der Waals surface area (Å²) in [6.07, 6.45) is 0. The van der Waals surface area contributed by atoms with Crippen LogP contribution < -0.4 is 10.5 Å². The molecule has 0 heterocycles. The molecule has 0 unspecified atom stereocenters. The van der Waals surface area contributed by atoms with Gasteiger partial charge < -0.3 is 15.2 Å². The van der Waals surface area contributed by atoms with E-state index in [-0.39, 0.29) is 12.2 Å². The van der Waals surface area contributed by atoms with Crippen LogP contribution in [-0.2, 0) is 11.3 Å². The summed E-state index contributed by atoms with van der Waals surface area (Å²) in [5.74, 6) is -0.124. The van der Waals surface area contributed by atoms with Gasteiger partial charge in [0.2, 0.25) is 0 Å². The van der Waals surface area contributed by atoms with Crippen LogP contribution in [-0.4, -0.2) is 13.1 Å². The van der Waals surface area contributed by atoms with Gasteiger partial charge in [-0.25, -0.2) is 4.79 Å². The molecule has 5 nitrogen and oxygen atoms in total. The monoisotopic (exact) mass is 282 g/mol. The lowest BCUT2D eigenvalue weighted by Gasteiger charge is -2.09. The van der Waals surface area contributed by atoms with Gasteiger partial charge in [-0.15, -0.1) is 0 Å². The van der Waals surface area contributed by atoms with Crippen molar-refractivity contribution in [1.29, 1.82) is 5.26 Å². The van der Waals surface area contributed by atoms with Crippen molar-refractivity contribution < 1.29 is 14.3 Å². The summed E-state index contributed by atoms with van der Waals surface area (Å²) < 4.78 is 10.3. The lowest BCUT2D eigenvalue weighted by molar-refractivity contribution is 0.0469.